The maximum Gasteiger partial charge on any atom is 0.199 e. The number of benzene rings is 2. The Morgan fingerprint density at radius 2 is 1.70 bits per heavy atom. The molecule has 0 saturated heterocycles. The Bertz CT molecular complexity index is 1150. The lowest BCUT2D eigenvalue weighted by molar-refractivity contribution is 0.222. The van der Waals surface area contributed by atoms with Crippen molar-refractivity contribution in [1.29, 1.82) is 0 Å². The molecule has 2 aromatic carbocycles. The number of aliphatic hydroxyl groups excluding tert-OH is 1. The van der Waals surface area contributed by atoms with Gasteiger partial charge in [-0.2, -0.15) is 0 Å². The first-order valence-corrected chi connectivity index (χ1v) is 9.15. The number of nitrogens with one attached hydrogen (secondary N) is 1. The molecule has 0 amide bonds. The van der Waals surface area contributed by atoms with Crippen LogP contribution in [-0.2, 0) is 0 Å². The fourth-order valence-corrected chi connectivity index (χ4v) is 4.12. The molecule has 2 N–H and O–H groups in total. The number of aromatic amines is 1. The van der Waals surface area contributed by atoms with Crippen LogP contribution in [0.5, 0.6) is 0 Å². The molecule has 1 aromatic heterocycles. The van der Waals surface area contributed by atoms with Crippen molar-refractivity contribution in [2.75, 3.05) is 0 Å². The molecule has 0 saturated carbocycles. The third kappa shape index (κ3) is 2.43. The van der Waals surface area contributed by atoms with Crippen molar-refractivity contribution >= 4 is 17.0 Å². The zero-order chi connectivity index (χ0) is 18.4. The summed E-state index contributed by atoms with van der Waals surface area (Å²) in [5, 5.41) is 12.3. The lowest BCUT2D eigenvalue weighted by Gasteiger charge is -2.35. The lowest BCUT2D eigenvalue weighted by Crippen LogP contribution is -2.28. The highest BCUT2D eigenvalue weighted by molar-refractivity contribution is 5.86. The van der Waals surface area contributed by atoms with Crippen LogP contribution in [0.2, 0.25) is 0 Å². The van der Waals surface area contributed by atoms with Crippen molar-refractivity contribution in [2.45, 2.75) is 13.0 Å². The summed E-state index contributed by atoms with van der Waals surface area (Å²) in [5.74, 6) is 0.264. The molecular weight excluding hydrogens is 332 g/mol. The van der Waals surface area contributed by atoms with E-state index < -0.39 is 0 Å². The first-order valence-electron chi connectivity index (χ1n) is 9.15. The Balaban J connectivity index is 1.78. The summed E-state index contributed by atoms with van der Waals surface area (Å²) < 4.78 is 0. The van der Waals surface area contributed by atoms with Crippen molar-refractivity contribution < 1.29 is 5.11 Å². The Labute approximate surface area is 158 Å². The molecule has 1 aliphatic heterocycles. The molecule has 3 heteroatoms. The molecule has 0 bridgehead atoms. The van der Waals surface area contributed by atoms with Crippen molar-refractivity contribution in [3.8, 4) is 0 Å². The molecule has 1 unspecified atom stereocenters. The Morgan fingerprint density at radius 1 is 0.963 bits per heavy atom. The molecule has 2 aliphatic rings. The van der Waals surface area contributed by atoms with E-state index in [1.807, 2.05) is 41.5 Å². The highest BCUT2D eigenvalue weighted by Gasteiger charge is 2.31. The van der Waals surface area contributed by atoms with Gasteiger partial charge in [0.25, 0.3) is 0 Å². The van der Waals surface area contributed by atoms with E-state index >= 15 is 0 Å². The number of fused-ring (bicyclic) bond motifs is 2. The van der Waals surface area contributed by atoms with Gasteiger partial charge in [-0.05, 0) is 42.3 Å². The smallest absolute Gasteiger partial charge is 0.199 e. The zero-order valence-corrected chi connectivity index (χ0v) is 15.1. The minimum Gasteiger partial charge on any atom is -0.494 e. The second kappa shape index (κ2) is 6.06. The molecule has 1 atom stereocenters. The normalized spacial score (nSPS) is 17.7. The van der Waals surface area contributed by atoms with Gasteiger partial charge >= 0.3 is 0 Å². The maximum absolute atomic E-state index is 11.1. The van der Waals surface area contributed by atoms with Crippen LogP contribution in [0, 0.1) is 6.92 Å². The van der Waals surface area contributed by atoms with Crippen molar-refractivity contribution in [3.63, 3.8) is 0 Å². The topological polar surface area (TPSA) is 39.3 Å². The number of hydrogen-bond acceptors (Lipinski definition) is 2. The van der Waals surface area contributed by atoms with E-state index in [9.17, 15) is 5.11 Å². The first kappa shape index (κ1) is 15.8. The number of nitrogens with zero attached hydrogens (tertiary/aromatic N) is 1. The van der Waals surface area contributed by atoms with E-state index in [2.05, 4.69) is 60.4 Å². The van der Waals surface area contributed by atoms with Crippen LogP contribution >= 0.6 is 0 Å². The average molecular weight is 352 g/mol. The molecule has 0 spiro atoms. The van der Waals surface area contributed by atoms with Gasteiger partial charge in [-0.25, -0.2) is 0 Å². The molecule has 3 nitrogen and oxygen atoms in total. The van der Waals surface area contributed by atoms with Crippen molar-refractivity contribution in [3.05, 3.63) is 113 Å². The first-order chi connectivity index (χ1) is 13.2. The highest BCUT2D eigenvalue weighted by Crippen LogP contribution is 2.42. The molecule has 5 rings (SSSR count). The standard InChI is InChI=1S/C24H20N2O/c1-16-22(20-12-6-7-13-21(20)25-16)23-19-11-5-4-8-17(19)14-15-26(23)24(27)18-9-2-3-10-18/h2-15,23,25,27H,1H3. The van der Waals surface area contributed by atoms with E-state index in [1.165, 1.54) is 22.1 Å². The van der Waals surface area contributed by atoms with Gasteiger partial charge in [0.2, 0.25) is 0 Å². The predicted octanol–water partition coefficient (Wildman–Crippen LogP) is 5.75. The van der Waals surface area contributed by atoms with Gasteiger partial charge < -0.3 is 15.0 Å². The minimum absolute atomic E-state index is 0.0998. The molecule has 0 radical (unpaired) electrons. The van der Waals surface area contributed by atoms with E-state index in [0.717, 1.165) is 16.8 Å². The van der Waals surface area contributed by atoms with Crippen LogP contribution < -0.4 is 0 Å². The predicted molar refractivity (Wildman–Crippen MR) is 110 cm³/mol. The number of aliphatic hydroxyl groups is 1. The second-order valence-electron chi connectivity index (χ2n) is 6.96. The van der Waals surface area contributed by atoms with E-state index in [1.54, 1.807) is 0 Å². The largest absolute Gasteiger partial charge is 0.494 e. The van der Waals surface area contributed by atoms with E-state index in [-0.39, 0.29) is 11.9 Å². The summed E-state index contributed by atoms with van der Waals surface area (Å²) in [5.41, 5.74) is 6.61. The summed E-state index contributed by atoms with van der Waals surface area (Å²) in [6.07, 6.45) is 11.8. The number of hydrogen-bond donors (Lipinski definition) is 2. The van der Waals surface area contributed by atoms with Gasteiger partial charge in [-0.3, -0.25) is 0 Å². The van der Waals surface area contributed by atoms with E-state index in [0.29, 0.717) is 0 Å². The van der Waals surface area contributed by atoms with E-state index in [4.69, 9.17) is 0 Å². The van der Waals surface area contributed by atoms with Crippen molar-refractivity contribution in [1.82, 2.24) is 9.88 Å². The van der Waals surface area contributed by atoms with Gasteiger partial charge in [0.05, 0.1) is 6.04 Å². The van der Waals surface area contributed by atoms with Gasteiger partial charge in [0.15, 0.2) is 5.88 Å². The SMILES string of the molecule is Cc1[nH]c2ccccc2c1C1c2ccccc2C=CN1C(O)=C1C=CC=C1. The lowest BCUT2D eigenvalue weighted by atomic mass is 9.89. The van der Waals surface area contributed by atoms with Gasteiger partial charge in [-0.15, -0.1) is 0 Å². The van der Waals surface area contributed by atoms with Crippen LogP contribution in [0.25, 0.3) is 17.0 Å². The molecule has 2 heterocycles. The Kier molecular flexibility index (Phi) is 3.54. The second-order valence-corrected chi connectivity index (χ2v) is 6.96. The summed E-state index contributed by atoms with van der Waals surface area (Å²) in [7, 11) is 0. The minimum atomic E-state index is -0.0998. The van der Waals surface area contributed by atoms with Gasteiger partial charge in [0, 0.05) is 33.9 Å². The van der Waals surface area contributed by atoms with Gasteiger partial charge in [0.1, 0.15) is 0 Å². The third-order valence-corrected chi connectivity index (χ3v) is 5.37. The summed E-state index contributed by atoms with van der Waals surface area (Å²) in [6, 6.07) is 16.6. The fourth-order valence-electron chi connectivity index (χ4n) is 4.12. The van der Waals surface area contributed by atoms with Crippen LogP contribution in [0.15, 0.2) is 90.5 Å². The Hall–Kier alpha value is -3.46. The average Bonchev–Trinajstić information content (AvgIpc) is 3.34. The highest BCUT2D eigenvalue weighted by atomic mass is 16.3. The number of allylic oxidation sites excluding steroid dienone is 5. The number of aryl methyl sites for hydroxylation is 1. The van der Waals surface area contributed by atoms with Crippen LogP contribution in [0.4, 0.5) is 0 Å². The van der Waals surface area contributed by atoms with Crippen LogP contribution in [-0.4, -0.2) is 15.0 Å². The monoisotopic (exact) mass is 352 g/mol. The number of aromatic nitrogens is 1. The number of H-pyrrole nitrogens is 1. The Morgan fingerprint density at radius 3 is 2.56 bits per heavy atom. The molecule has 27 heavy (non-hydrogen) atoms. The number of para-hydroxylation sites is 1. The zero-order valence-electron chi connectivity index (χ0n) is 15.1. The molecule has 3 aromatic rings. The molecule has 132 valence electrons. The maximum atomic E-state index is 11.1. The summed E-state index contributed by atoms with van der Waals surface area (Å²) >= 11 is 0. The fraction of sp³-hybridized carbons (Fsp3) is 0.0833. The summed E-state index contributed by atoms with van der Waals surface area (Å²) in [4.78, 5) is 5.48. The summed E-state index contributed by atoms with van der Waals surface area (Å²) in [6.45, 7) is 2.11. The quantitative estimate of drug-likeness (QED) is 0.577. The van der Waals surface area contributed by atoms with Crippen LogP contribution in [0.3, 0.4) is 0 Å². The van der Waals surface area contributed by atoms with Crippen molar-refractivity contribution in [2.24, 2.45) is 0 Å². The molecular formula is C24H20N2O. The molecule has 0 fully saturated rings. The van der Waals surface area contributed by atoms with Crippen LogP contribution in [0.1, 0.15) is 28.4 Å². The number of rotatable bonds is 2. The molecule has 1 aliphatic carbocycles. The van der Waals surface area contributed by atoms with Gasteiger partial charge in [-0.1, -0.05) is 54.6 Å². The third-order valence-electron chi connectivity index (χ3n) is 5.37.